The second-order valence-electron chi connectivity index (χ2n) is 11.7. The van der Waals surface area contributed by atoms with Gasteiger partial charge in [0.2, 0.25) is 5.91 Å². The number of carbonyl (C=O) groups is 2. The molecule has 6 heteroatoms. The van der Waals surface area contributed by atoms with Crippen molar-refractivity contribution < 1.29 is 18.7 Å². The fourth-order valence-electron chi connectivity index (χ4n) is 6.35. The molecule has 0 radical (unpaired) electrons. The molecule has 4 aromatic rings. The molecular weight excluding hydrogens is 524 g/mol. The van der Waals surface area contributed by atoms with Crippen LogP contribution in [-0.2, 0) is 24.4 Å². The van der Waals surface area contributed by atoms with Crippen LogP contribution in [0.5, 0.6) is 5.75 Å². The Balaban J connectivity index is 1.17. The van der Waals surface area contributed by atoms with Gasteiger partial charge in [0, 0.05) is 19.0 Å². The van der Waals surface area contributed by atoms with Crippen molar-refractivity contribution in [3.05, 3.63) is 124 Å². The number of ether oxygens (including phenoxy) is 1. The van der Waals surface area contributed by atoms with Gasteiger partial charge in [0.1, 0.15) is 18.1 Å². The summed E-state index contributed by atoms with van der Waals surface area (Å²) >= 11 is 0. The molecule has 1 fully saturated rings. The number of nitrogens with zero attached hydrogens (tertiary/aromatic N) is 1. The van der Waals surface area contributed by atoms with E-state index in [9.17, 15) is 9.59 Å². The van der Waals surface area contributed by atoms with Gasteiger partial charge in [-0.3, -0.25) is 9.59 Å². The fourth-order valence-corrected chi connectivity index (χ4v) is 6.35. The van der Waals surface area contributed by atoms with E-state index in [2.05, 4.69) is 53.5 Å². The maximum atomic E-state index is 13.7. The van der Waals surface area contributed by atoms with Gasteiger partial charge in [-0.2, -0.15) is 0 Å². The van der Waals surface area contributed by atoms with E-state index in [1.807, 2.05) is 37.3 Å². The van der Waals surface area contributed by atoms with E-state index in [4.69, 9.17) is 9.15 Å². The molecule has 216 valence electrons. The molecule has 2 heterocycles. The second-order valence-corrected chi connectivity index (χ2v) is 11.7. The van der Waals surface area contributed by atoms with E-state index < -0.39 is 0 Å². The molecule has 1 saturated carbocycles. The summed E-state index contributed by atoms with van der Waals surface area (Å²) in [6.07, 6.45) is 5.07. The highest BCUT2D eigenvalue weighted by Gasteiger charge is 2.36. The average molecular weight is 563 g/mol. The number of hydrogen-bond acceptors (Lipinski definition) is 4. The molecule has 6 rings (SSSR count). The first-order valence-electron chi connectivity index (χ1n) is 15.0. The summed E-state index contributed by atoms with van der Waals surface area (Å²) in [5, 5.41) is 2.92. The third-order valence-electron chi connectivity index (χ3n) is 8.49. The SMILES string of the molecule is Cc1cccc(CNC(=O)c2ccc(COc3ccc4c(c3)C(c3cccc(C)c3)N(C(=O)C3CCCC3)CC4)o2)c1. The third kappa shape index (κ3) is 6.13. The van der Waals surface area contributed by atoms with E-state index >= 15 is 0 Å². The van der Waals surface area contributed by atoms with Crippen molar-refractivity contribution >= 4 is 11.8 Å². The monoisotopic (exact) mass is 562 g/mol. The lowest BCUT2D eigenvalue weighted by Crippen LogP contribution is -2.43. The first-order chi connectivity index (χ1) is 20.4. The number of hydrogen-bond donors (Lipinski definition) is 1. The van der Waals surface area contributed by atoms with Crippen molar-refractivity contribution in [1.82, 2.24) is 10.2 Å². The number of aryl methyl sites for hydroxylation is 2. The molecule has 0 saturated heterocycles. The Bertz CT molecular complexity index is 1580. The molecule has 1 aliphatic heterocycles. The Kier molecular flexibility index (Phi) is 8.13. The Morgan fingerprint density at radius 2 is 1.71 bits per heavy atom. The van der Waals surface area contributed by atoms with E-state index in [0.29, 0.717) is 18.1 Å². The lowest BCUT2D eigenvalue weighted by atomic mass is 9.86. The summed E-state index contributed by atoms with van der Waals surface area (Å²) in [7, 11) is 0. The van der Waals surface area contributed by atoms with Crippen molar-refractivity contribution in [3.63, 3.8) is 0 Å². The second kappa shape index (κ2) is 12.3. The molecule has 2 aliphatic rings. The molecule has 1 N–H and O–H groups in total. The molecule has 6 nitrogen and oxygen atoms in total. The standard InChI is InChI=1S/C36H38N2O4/c1-24-7-5-9-26(19-24)22-37-35(39)33-16-15-31(42-33)23-41-30-14-13-27-17-18-38(36(40)28-10-3-4-11-28)34(32(27)21-30)29-12-6-8-25(2)20-29/h5-9,12-16,19-21,28,34H,3-4,10-11,17-18,22-23H2,1-2H3,(H,37,39). The number of nitrogens with one attached hydrogen (secondary N) is 1. The molecule has 3 aromatic carbocycles. The molecule has 1 atom stereocenters. The van der Waals surface area contributed by atoms with E-state index in [1.165, 1.54) is 11.1 Å². The average Bonchev–Trinajstić information content (AvgIpc) is 3.71. The lowest BCUT2D eigenvalue weighted by Gasteiger charge is -2.39. The van der Waals surface area contributed by atoms with Gasteiger partial charge < -0.3 is 19.4 Å². The zero-order chi connectivity index (χ0) is 29.1. The molecule has 0 spiro atoms. The number of rotatable bonds is 8. The normalized spacial score (nSPS) is 16.7. The van der Waals surface area contributed by atoms with Crippen molar-refractivity contribution in [1.29, 1.82) is 0 Å². The van der Waals surface area contributed by atoms with E-state index in [-0.39, 0.29) is 36.1 Å². The van der Waals surface area contributed by atoms with Gasteiger partial charge in [-0.1, -0.05) is 78.6 Å². The number of carbonyl (C=O) groups excluding carboxylic acids is 2. The molecule has 1 unspecified atom stereocenters. The summed E-state index contributed by atoms with van der Waals surface area (Å²) in [5.41, 5.74) is 6.86. The van der Waals surface area contributed by atoms with Crippen molar-refractivity contribution in [2.45, 2.75) is 65.1 Å². The first kappa shape index (κ1) is 27.8. The highest BCUT2D eigenvalue weighted by molar-refractivity contribution is 5.91. The zero-order valence-corrected chi connectivity index (χ0v) is 24.4. The number of fused-ring (bicyclic) bond motifs is 1. The molecule has 0 bridgehead atoms. The third-order valence-corrected chi connectivity index (χ3v) is 8.49. The highest BCUT2D eigenvalue weighted by atomic mass is 16.5. The van der Waals surface area contributed by atoms with Crippen LogP contribution in [0, 0.1) is 19.8 Å². The van der Waals surface area contributed by atoms with E-state index in [1.54, 1.807) is 12.1 Å². The fraction of sp³-hybridized carbons (Fsp3) is 0.333. The Labute approximate surface area is 247 Å². The van der Waals surface area contributed by atoms with Crippen LogP contribution in [0.2, 0.25) is 0 Å². The van der Waals surface area contributed by atoms with Gasteiger partial charge in [0.15, 0.2) is 5.76 Å². The maximum Gasteiger partial charge on any atom is 0.287 e. The quantitative estimate of drug-likeness (QED) is 0.249. The molecule has 1 aromatic heterocycles. The van der Waals surface area contributed by atoms with Crippen LogP contribution >= 0.6 is 0 Å². The smallest absolute Gasteiger partial charge is 0.287 e. The minimum Gasteiger partial charge on any atom is -0.486 e. The van der Waals surface area contributed by atoms with Crippen LogP contribution in [0.3, 0.4) is 0 Å². The molecular formula is C36H38N2O4. The summed E-state index contributed by atoms with van der Waals surface area (Å²) < 4.78 is 12.0. The minimum absolute atomic E-state index is 0.125. The summed E-state index contributed by atoms with van der Waals surface area (Å²) in [6.45, 7) is 5.48. The number of furan rings is 1. The molecule has 1 aliphatic carbocycles. The summed E-state index contributed by atoms with van der Waals surface area (Å²) in [6, 6.07) is 26.0. The van der Waals surface area contributed by atoms with Crippen LogP contribution in [-0.4, -0.2) is 23.3 Å². The van der Waals surface area contributed by atoms with Crippen molar-refractivity contribution in [2.75, 3.05) is 6.54 Å². The van der Waals surface area contributed by atoms with Crippen LogP contribution in [0.4, 0.5) is 0 Å². The van der Waals surface area contributed by atoms with Crippen LogP contribution in [0.1, 0.15) is 81.4 Å². The van der Waals surface area contributed by atoms with Crippen molar-refractivity contribution in [3.8, 4) is 5.75 Å². The van der Waals surface area contributed by atoms with Crippen LogP contribution in [0.25, 0.3) is 0 Å². The van der Waals surface area contributed by atoms with Gasteiger partial charge in [0.25, 0.3) is 5.91 Å². The number of benzene rings is 3. The summed E-state index contributed by atoms with van der Waals surface area (Å²) in [4.78, 5) is 28.5. The van der Waals surface area contributed by atoms with Gasteiger partial charge in [-0.05, 0) is 79.6 Å². The van der Waals surface area contributed by atoms with Crippen LogP contribution in [0.15, 0.2) is 83.3 Å². The minimum atomic E-state index is -0.260. The van der Waals surface area contributed by atoms with Gasteiger partial charge in [0.05, 0.1) is 6.04 Å². The molecule has 42 heavy (non-hydrogen) atoms. The highest BCUT2D eigenvalue weighted by Crippen LogP contribution is 2.40. The predicted molar refractivity (Wildman–Crippen MR) is 162 cm³/mol. The zero-order valence-electron chi connectivity index (χ0n) is 24.4. The Morgan fingerprint density at radius 1 is 0.929 bits per heavy atom. The molecule has 2 amide bonds. The number of amides is 2. The first-order valence-corrected chi connectivity index (χ1v) is 15.0. The van der Waals surface area contributed by atoms with Gasteiger partial charge in [-0.15, -0.1) is 0 Å². The van der Waals surface area contributed by atoms with Gasteiger partial charge >= 0.3 is 0 Å². The topological polar surface area (TPSA) is 71.8 Å². The predicted octanol–water partition coefficient (Wildman–Crippen LogP) is 7.07. The largest absolute Gasteiger partial charge is 0.486 e. The summed E-state index contributed by atoms with van der Waals surface area (Å²) in [5.74, 6) is 1.68. The maximum absolute atomic E-state index is 13.7. The Hall–Kier alpha value is -4.32. The van der Waals surface area contributed by atoms with E-state index in [0.717, 1.165) is 60.9 Å². The van der Waals surface area contributed by atoms with Crippen molar-refractivity contribution in [2.24, 2.45) is 5.92 Å². The van der Waals surface area contributed by atoms with Gasteiger partial charge in [-0.25, -0.2) is 0 Å². The lowest BCUT2D eigenvalue weighted by molar-refractivity contribution is -0.137. The van der Waals surface area contributed by atoms with Crippen LogP contribution < -0.4 is 10.1 Å². The Morgan fingerprint density at radius 3 is 2.50 bits per heavy atom.